The highest BCUT2D eigenvalue weighted by Gasteiger charge is 2.17. The molecule has 0 atom stereocenters. The highest BCUT2D eigenvalue weighted by atomic mass is 16.6. The van der Waals surface area contributed by atoms with E-state index >= 15 is 0 Å². The second-order valence-electron chi connectivity index (χ2n) is 6.13. The number of esters is 1. The van der Waals surface area contributed by atoms with Gasteiger partial charge in [0.05, 0.1) is 6.42 Å². The van der Waals surface area contributed by atoms with Crippen molar-refractivity contribution in [1.82, 2.24) is 4.57 Å². The molecule has 0 saturated heterocycles. The predicted molar refractivity (Wildman–Crippen MR) is 80.9 cm³/mol. The molecular formula is C16H19NO4. The summed E-state index contributed by atoms with van der Waals surface area (Å²) in [4.78, 5) is 36.3. The lowest BCUT2D eigenvalue weighted by Gasteiger charge is -2.19. The molecule has 0 radical (unpaired) electrons. The largest absolute Gasteiger partial charge is 0.460 e. The van der Waals surface area contributed by atoms with Gasteiger partial charge in [-0.05, 0) is 51.5 Å². The third kappa shape index (κ3) is 3.29. The molecule has 3 rings (SSSR count). The molecule has 0 aliphatic rings. The van der Waals surface area contributed by atoms with Crippen LogP contribution in [-0.4, -0.2) is 16.1 Å². The van der Waals surface area contributed by atoms with Crippen molar-refractivity contribution in [1.29, 1.82) is 0 Å². The molecule has 3 aromatic rings. The summed E-state index contributed by atoms with van der Waals surface area (Å²) >= 11 is 0. The average Bonchev–Trinajstić information content (AvgIpc) is 2.50. The Labute approximate surface area is 122 Å². The number of aryl methyl sites for hydroxylation is 1. The van der Waals surface area contributed by atoms with Crippen LogP contribution in [0.3, 0.4) is 0 Å². The normalized spacial score (nSPS) is 11.8. The zero-order valence-electron chi connectivity index (χ0n) is 12.7. The van der Waals surface area contributed by atoms with E-state index in [9.17, 15) is 14.4 Å². The topological polar surface area (TPSA) is 65.4 Å². The van der Waals surface area contributed by atoms with Crippen LogP contribution in [0.1, 0.15) is 32.8 Å². The summed E-state index contributed by atoms with van der Waals surface area (Å²) in [5.74, 6) is -0.424. The van der Waals surface area contributed by atoms with Crippen LogP contribution in [0.2, 0.25) is 0 Å². The molecule has 112 valence electrons. The van der Waals surface area contributed by atoms with Gasteiger partial charge >= 0.3 is 5.97 Å². The van der Waals surface area contributed by atoms with Gasteiger partial charge in [-0.2, -0.15) is 0 Å². The van der Waals surface area contributed by atoms with Gasteiger partial charge in [-0.1, -0.05) is 0 Å². The van der Waals surface area contributed by atoms with E-state index in [0.29, 0.717) is 10.8 Å². The monoisotopic (exact) mass is 289 g/mol. The van der Waals surface area contributed by atoms with E-state index < -0.39 is 11.6 Å². The van der Waals surface area contributed by atoms with Crippen LogP contribution < -0.4 is 11.1 Å². The smallest absolute Gasteiger partial charge is 0.308 e. The molecule has 0 spiro atoms. The van der Waals surface area contributed by atoms with Crippen molar-refractivity contribution < 1.29 is 9.53 Å². The Morgan fingerprint density at radius 2 is 1.86 bits per heavy atom. The van der Waals surface area contributed by atoms with Crippen LogP contribution in [0.15, 0.2) is 27.8 Å². The average molecular weight is 289 g/mol. The number of aromatic nitrogens is 1. The molecule has 0 N–H and O–H groups in total. The van der Waals surface area contributed by atoms with E-state index in [-0.39, 0.29) is 24.1 Å². The molecule has 0 fully saturated rings. The molecule has 0 saturated carbocycles. The summed E-state index contributed by atoms with van der Waals surface area (Å²) in [6.07, 6.45) is -0.00560. The van der Waals surface area contributed by atoms with Gasteiger partial charge in [-0.15, -0.1) is 0 Å². The number of ether oxygens (including phenoxy) is 1. The van der Waals surface area contributed by atoms with E-state index in [1.807, 2.05) is 0 Å². The van der Waals surface area contributed by atoms with E-state index in [1.54, 1.807) is 45.9 Å². The fourth-order valence-corrected chi connectivity index (χ4v) is 2.23. The summed E-state index contributed by atoms with van der Waals surface area (Å²) in [5.41, 5.74) is -0.537. The maximum absolute atomic E-state index is 12.3. The van der Waals surface area contributed by atoms with Crippen LogP contribution in [0.25, 0.3) is 10.8 Å². The predicted octanol–water partition coefficient (Wildman–Crippen LogP) is 1.84. The minimum absolute atomic E-state index is 0.00560. The maximum atomic E-state index is 12.3. The van der Waals surface area contributed by atoms with E-state index in [2.05, 4.69) is 0 Å². The van der Waals surface area contributed by atoms with Crippen LogP contribution in [-0.2, 0) is 16.1 Å². The molecule has 2 aromatic heterocycles. The number of nitrogens with zero attached hydrogens (tertiary/aromatic N) is 1. The molecule has 2 bridgehead atoms. The third-order valence-corrected chi connectivity index (χ3v) is 3.15. The first kappa shape index (κ1) is 15.2. The number of benzene rings is 1. The summed E-state index contributed by atoms with van der Waals surface area (Å²) < 4.78 is 6.30. The maximum Gasteiger partial charge on any atom is 0.308 e. The zero-order valence-corrected chi connectivity index (χ0v) is 12.7. The fraction of sp³-hybridized carbons (Fsp3) is 0.438. The second-order valence-corrected chi connectivity index (χ2v) is 6.13. The van der Waals surface area contributed by atoms with Crippen LogP contribution >= 0.6 is 0 Å². The lowest BCUT2D eigenvalue weighted by atomic mass is 10.1. The Morgan fingerprint density at radius 3 is 2.43 bits per heavy atom. The standard InChI is InChI=1S/C16H19NO4/c1-10-9-11-5-6-12(10)15(20)17(14(11)19)8-7-13(18)21-16(2,3)4/h5-6,9H,7-8H2,1-4H3. The van der Waals surface area contributed by atoms with E-state index in [0.717, 1.165) is 10.1 Å². The third-order valence-electron chi connectivity index (χ3n) is 3.15. The van der Waals surface area contributed by atoms with Gasteiger partial charge in [0.2, 0.25) is 0 Å². The molecular weight excluding hydrogens is 270 g/mol. The van der Waals surface area contributed by atoms with Crippen molar-refractivity contribution in [3.05, 3.63) is 44.5 Å². The molecule has 1 aromatic carbocycles. The first-order valence-electron chi connectivity index (χ1n) is 6.88. The van der Waals surface area contributed by atoms with Gasteiger partial charge in [-0.25, -0.2) is 0 Å². The number of carbonyl (C=O) groups excluding carboxylic acids is 1. The summed E-state index contributed by atoms with van der Waals surface area (Å²) in [7, 11) is 0. The Balaban J connectivity index is 2.33. The zero-order chi connectivity index (χ0) is 15.8. The highest BCUT2D eigenvalue weighted by Crippen LogP contribution is 2.10. The van der Waals surface area contributed by atoms with Crippen molar-refractivity contribution >= 4 is 16.7 Å². The Kier molecular flexibility index (Phi) is 3.85. The van der Waals surface area contributed by atoms with E-state index in [4.69, 9.17) is 4.74 Å². The van der Waals surface area contributed by atoms with Gasteiger partial charge in [-0.3, -0.25) is 19.0 Å². The molecule has 0 aliphatic carbocycles. The molecule has 5 heteroatoms. The molecule has 21 heavy (non-hydrogen) atoms. The molecule has 0 unspecified atom stereocenters. The summed E-state index contributed by atoms with van der Waals surface area (Å²) in [6, 6.07) is 4.98. The van der Waals surface area contributed by atoms with Gasteiger partial charge in [0.25, 0.3) is 11.1 Å². The first-order chi connectivity index (χ1) is 9.69. The number of hydrogen-bond acceptors (Lipinski definition) is 4. The molecule has 2 heterocycles. The van der Waals surface area contributed by atoms with Crippen LogP contribution in [0.5, 0.6) is 0 Å². The second kappa shape index (κ2) is 5.31. The molecule has 5 nitrogen and oxygen atoms in total. The number of rotatable bonds is 3. The number of fused-ring (bicyclic) bond motifs is 4. The summed E-state index contributed by atoms with van der Waals surface area (Å²) in [6.45, 7) is 7.15. The Bertz CT molecular complexity index is 783. The Morgan fingerprint density at radius 1 is 1.19 bits per heavy atom. The fourth-order valence-electron chi connectivity index (χ4n) is 2.23. The quantitative estimate of drug-likeness (QED) is 0.809. The Hall–Kier alpha value is -2.17. The lowest BCUT2D eigenvalue weighted by Crippen LogP contribution is -2.32. The summed E-state index contributed by atoms with van der Waals surface area (Å²) in [5, 5.41) is 0.958. The SMILES string of the molecule is Cc1cc2ccc1c(=O)n(CCC(=O)OC(C)(C)C)c2=O. The number of carbonyl (C=O) groups is 1. The molecule has 0 amide bonds. The molecule has 0 aliphatic heterocycles. The minimum Gasteiger partial charge on any atom is -0.460 e. The van der Waals surface area contributed by atoms with Crippen molar-refractivity contribution in [2.24, 2.45) is 0 Å². The van der Waals surface area contributed by atoms with Gasteiger partial charge in [0.15, 0.2) is 0 Å². The van der Waals surface area contributed by atoms with Crippen molar-refractivity contribution in [3.63, 3.8) is 0 Å². The van der Waals surface area contributed by atoms with Gasteiger partial charge < -0.3 is 4.74 Å². The number of hydrogen-bond donors (Lipinski definition) is 0. The van der Waals surface area contributed by atoms with Gasteiger partial charge in [0, 0.05) is 17.3 Å². The van der Waals surface area contributed by atoms with Crippen molar-refractivity contribution in [3.8, 4) is 0 Å². The first-order valence-corrected chi connectivity index (χ1v) is 6.88. The lowest BCUT2D eigenvalue weighted by molar-refractivity contribution is -0.155. The van der Waals surface area contributed by atoms with Crippen LogP contribution in [0, 0.1) is 6.92 Å². The minimum atomic E-state index is -0.577. The highest BCUT2D eigenvalue weighted by molar-refractivity contribution is 5.70. The van der Waals surface area contributed by atoms with Crippen molar-refractivity contribution in [2.75, 3.05) is 0 Å². The van der Waals surface area contributed by atoms with Gasteiger partial charge in [0.1, 0.15) is 5.60 Å². The van der Waals surface area contributed by atoms with Crippen LogP contribution in [0.4, 0.5) is 0 Å². The van der Waals surface area contributed by atoms with E-state index in [1.165, 1.54) is 0 Å². The van der Waals surface area contributed by atoms with Crippen molar-refractivity contribution in [2.45, 2.75) is 46.3 Å².